The smallest absolute Gasteiger partial charge is 0.224 e. The summed E-state index contributed by atoms with van der Waals surface area (Å²) in [6.07, 6.45) is 1.98. The number of amides is 1. The van der Waals surface area contributed by atoms with E-state index in [0.717, 1.165) is 49.5 Å². The van der Waals surface area contributed by atoms with Gasteiger partial charge in [-0.3, -0.25) is 9.69 Å². The van der Waals surface area contributed by atoms with E-state index < -0.39 is 0 Å². The fraction of sp³-hybridized carbons (Fsp3) is 0.409. The molecule has 0 bridgehead atoms. The number of benzene rings is 2. The highest BCUT2D eigenvalue weighted by Gasteiger charge is 2.26. The monoisotopic (exact) mass is 368 g/mol. The van der Waals surface area contributed by atoms with Crippen LogP contribution in [0.3, 0.4) is 0 Å². The molecule has 0 spiro atoms. The molecule has 1 saturated heterocycles. The van der Waals surface area contributed by atoms with Gasteiger partial charge in [0.05, 0.1) is 32.2 Å². The second kappa shape index (κ2) is 9.42. The lowest BCUT2D eigenvalue weighted by molar-refractivity contribution is -0.126. The fourth-order valence-corrected chi connectivity index (χ4v) is 3.68. The molecule has 0 aliphatic carbocycles. The Bertz CT molecular complexity index is 726. The van der Waals surface area contributed by atoms with Gasteiger partial charge < -0.3 is 14.8 Å². The standard InChI is InChI=1S/C22H28N2O3/c1-26-20-11-6-12-21(27-2)19(20)14-23-22(25)18-10-7-13-24(16-18)15-17-8-4-3-5-9-17/h3-6,8-9,11-12,18H,7,10,13-16H2,1-2H3,(H,23,25)/t18-/m0/s1. The molecule has 144 valence electrons. The van der Waals surface area contributed by atoms with Crippen molar-refractivity contribution in [1.29, 1.82) is 0 Å². The Morgan fingerprint density at radius 1 is 1.07 bits per heavy atom. The molecule has 1 N–H and O–H groups in total. The van der Waals surface area contributed by atoms with E-state index >= 15 is 0 Å². The second-order valence-electron chi connectivity index (χ2n) is 6.92. The number of carbonyl (C=O) groups excluding carboxylic acids is 1. The number of nitrogens with one attached hydrogen (secondary N) is 1. The molecular weight excluding hydrogens is 340 g/mol. The van der Waals surface area contributed by atoms with Crippen LogP contribution in [0.15, 0.2) is 48.5 Å². The molecule has 1 heterocycles. The van der Waals surface area contributed by atoms with Gasteiger partial charge in [-0.1, -0.05) is 36.4 Å². The van der Waals surface area contributed by atoms with Crippen molar-refractivity contribution < 1.29 is 14.3 Å². The Morgan fingerprint density at radius 3 is 2.44 bits per heavy atom. The lowest BCUT2D eigenvalue weighted by atomic mass is 9.96. The van der Waals surface area contributed by atoms with Crippen molar-refractivity contribution in [2.75, 3.05) is 27.3 Å². The SMILES string of the molecule is COc1cccc(OC)c1CNC(=O)[C@H]1CCCN(Cc2ccccc2)C1. The highest BCUT2D eigenvalue weighted by molar-refractivity contribution is 5.79. The Morgan fingerprint density at radius 2 is 1.78 bits per heavy atom. The number of piperidine rings is 1. The van der Waals surface area contributed by atoms with Crippen molar-refractivity contribution in [2.24, 2.45) is 5.92 Å². The third kappa shape index (κ3) is 5.01. The predicted octanol–water partition coefficient (Wildman–Crippen LogP) is 3.23. The summed E-state index contributed by atoms with van der Waals surface area (Å²) in [5.74, 6) is 1.57. The largest absolute Gasteiger partial charge is 0.496 e. The zero-order chi connectivity index (χ0) is 19.1. The van der Waals surface area contributed by atoms with Gasteiger partial charge >= 0.3 is 0 Å². The van der Waals surface area contributed by atoms with Crippen molar-refractivity contribution in [1.82, 2.24) is 10.2 Å². The first-order valence-electron chi connectivity index (χ1n) is 9.45. The zero-order valence-electron chi connectivity index (χ0n) is 16.1. The molecule has 1 fully saturated rings. The average Bonchev–Trinajstić information content (AvgIpc) is 2.72. The van der Waals surface area contributed by atoms with Gasteiger partial charge in [-0.15, -0.1) is 0 Å². The summed E-state index contributed by atoms with van der Waals surface area (Å²) < 4.78 is 10.8. The third-order valence-corrected chi connectivity index (χ3v) is 5.09. The van der Waals surface area contributed by atoms with Crippen LogP contribution in [-0.2, 0) is 17.9 Å². The fourth-order valence-electron chi connectivity index (χ4n) is 3.68. The molecule has 0 radical (unpaired) electrons. The van der Waals surface area contributed by atoms with E-state index in [9.17, 15) is 4.79 Å². The van der Waals surface area contributed by atoms with Crippen LogP contribution >= 0.6 is 0 Å². The highest BCUT2D eigenvalue weighted by atomic mass is 16.5. The predicted molar refractivity (Wildman–Crippen MR) is 106 cm³/mol. The van der Waals surface area contributed by atoms with Crippen LogP contribution in [0.25, 0.3) is 0 Å². The molecule has 5 nitrogen and oxygen atoms in total. The van der Waals surface area contributed by atoms with Gasteiger partial charge in [-0.25, -0.2) is 0 Å². The molecule has 27 heavy (non-hydrogen) atoms. The molecule has 1 aliphatic heterocycles. The Balaban J connectivity index is 1.58. The van der Waals surface area contributed by atoms with Crippen LogP contribution < -0.4 is 14.8 Å². The quantitative estimate of drug-likeness (QED) is 0.815. The number of carbonyl (C=O) groups is 1. The molecule has 0 saturated carbocycles. The normalized spacial score (nSPS) is 17.3. The number of rotatable bonds is 7. The van der Waals surface area contributed by atoms with Crippen molar-refractivity contribution in [3.63, 3.8) is 0 Å². The molecule has 1 amide bonds. The first kappa shape index (κ1) is 19.2. The van der Waals surface area contributed by atoms with Crippen LogP contribution in [0.2, 0.25) is 0 Å². The first-order valence-corrected chi connectivity index (χ1v) is 9.45. The van der Waals surface area contributed by atoms with E-state index in [1.54, 1.807) is 14.2 Å². The number of hydrogen-bond donors (Lipinski definition) is 1. The van der Waals surface area contributed by atoms with Crippen molar-refractivity contribution in [3.8, 4) is 11.5 Å². The maximum absolute atomic E-state index is 12.7. The van der Waals surface area contributed by atoms with Gasteiger partial charge in [0.15, 0.2) is 0 Å². The minimum atomic E-state index is 0.0168. The van der Waals surface area contributed by atoms with Gasteiger partial charge in [0, 0.05) is 13.1 Å². The summed E-state index contributed by atoms with van der Waals surface area (Å²) in [5.41, 5.74) is 2.16. The van der Waals surface area contributed by atoms with Gasteiger partial charge in [-0.2, -0.15) is 0 Å². The summed E-state index contributed by atoms with van der Waals surface area (Å²) in [7, 11) is 3.26. The molecule has 3 rings (SSSR count). The minimum Gasteiger partial charge on any atom is -0.496 e. The highest BCUT2D eigenvalue weighted by Crippen LogP contribution is 2.28. The summed E-state index contributed by atoms with van der Waals surface area (Å²) in [4.78, 5) is 15.1. The summed E-state index contributed by atoms with van der Waals surface area (Å²) >= 11 is 0. The number of hydrogen-bond acceptors (Lipinski definition) is 4. The second-order valence-corrected chi connectivity index (χ2v) is 6.92. The third-order valence-electron chi connectivity index (χ3n) is 5.09. The van der Waals surface area contributed by atoms with Crippen molar-refractivity contribution in [2.45, 2.75) is 25.9 Å². The summed E-state index contributed by atoms with van der Waals surface area (Å²) in [6, 6.07) is 16.1. The zero-order valence-corrected chi connectivity index (χ0v) is 16.1. The number of ether oxygens (including phenoxy) is 2. The Hall–Kier alpha value is -2.53. The van der Waals surface area contributed by atoms with Crippen LogP contribution in [-0.4, -0.2) is 38.1 Å². The van der Waals surface area contributed by atoms with Crippen LogP contribution in [0.5, 0.6) is 11.5 Å². The number of methoxy groups -OCH3 is 2. The van der Waals surface area contributed by atoms with Crippen LogP contribution in [0.4, 0.5) is 0 Å². The molecular formula is C22H28N2O3. The molecule has 0 aromatic heterocycles. The Labute approximate surface area is 161 Å². The lowest BCUT2D eigenvalue weighted by Gasteiger charge is -2.32. The van der Waals surface area contributed by atoms with Crippen LogP contribution in [0, 0.1) is 5.92 Å². The molecule has 1 atom stereocenters. The number of nitrogens with zero attached hydrogens (tertiary/aromatic N) is 1. The van der Waals surface area contributed by atoms with Gasteiger partial charge in [0.2, 0.25) is 5.91 Å². The van der Waals surface area contributed by atoms with Gasteiger partial charge in [-0.05, 0) is 37.1 Å². The molecule has 1 aliphatic rings. The van der Waals surface area contributed by atoms with Crippen LogP contribution in [0.1, 0.15) is 24.0 Å². The van der Waals surface area contributed by atoms with Crippen molar-refractivity contribution >= 4 is 5.91 Å². The number of likely N-dealkylation sites (tertiary alicyclic amines) is 1. The Kier molecular flexibility index (Phi) is 6.71. The average molecular weight is 368 g/mol. The van der Waals surface area contributed by atoms with Gasteiger partial charge in [0.25, 0.3) is 0 Å². The summed E-state index contributed by atoms with van der Waals surface area (Å²) in [5, 5.41) is 3.08. The molecule has 5 heteroatoms. The molecule has 2 aromatic carbocycles. The topological polar surface area (TPSA) is 50.8 Å². The minimum absolute atomic E-state index is 0.0168. The van der Waals surface area contributed by atoms with E-state index in [-0.39, 0.29) is 11.8 Å². The summed E-state index contributed by atoms with van der Waals surface area (Å²) in [6.45, 7) is 3.13. The first-order chi connectivity index (χ1) is 13.2. The van der Waals surface area contributed by atoms with Gasteiger partial charge in [0.1, 0.15) is 11.5 Å². The maximum atomic E-state index is 12.7. The lowest BCUT2D eigenvalue weighted by Crippen LogP contribution is -2.42. The van der Waals surface area contributed by atoms with E-state index in [1.165, 1.54) is 5.56 Å². The van der Waals surface area contributed by atoms with E-state index in [2.05, 4.69) is 34.5 Å². The maximum Gasteiger partial charge on any atom is 0.224 e. The molecule has 2 aromatic rings. The van der Waals surface area contributed by atoms with E-state index in [0.29, 0.717) is 6.54 Å². The van der Waals surface area contributed by atoms with E-state index in [4.69, 9.17) is 9.47 Å². The molecule has 0 unspecified atom stereocenters. The van der Waals surface area contributed by atoms with Crippen molar-refractivity contribution in [3.05, 3.63) is 59.7 Å². The van der Waals surface area contributed by atoms with E-state index in [1.807, 2.05) is 24.3 Å².